The molecule has 0 bridgehead atoms. The van der Waals surface area contributed by atoms with E-state index in [0.29, 0.717) is 29.2 Å². The van der Waals surface area contributed by atoms with Gasteiger partial charge in [0.2, 0.25) is 0 Å². The minimum Gasteiger partial charge on any atom is -0.496 e. The molecule has 0 aliphatic rings. The second kappa shape index (κ2) is 6.74. The number of nitrogen functional groups attached to an aromatic ring is 1. The third kappa shape index (κ3) is 2.73. The lowest BCUT2D eigenvalue weighted by molar-refractivity contribution is -0.144. The fourth-order valence-electron chi connectivity index (χ4n) is 2.78. The lowest BCUT2D eigenvalue weighted by Crippen LogP contribution is -2.14. The number of hydrogen-bond acceptors (Lipinski definition) is 6. The summed E-state index contributed by atoms with van der Waals surface area (Å²) in [5.41, 5.74) is 7.45. The van der Waals surface area contributed by atoms with Crippen molar-refractivity contribution in [1.29, 1.82) is 0 Å². The highest BCUT2D eigenvalue weighted by molar-refractivity contribution is 6.14. The molecular formula is C17H20N4O3. The van der Waals surface area contributed by atoms with Crippen molar-refractivity contribution in [1.82, 2.24) is 14.5 Å². The van der Waals surface area contributed by atoms with Gasteiger partial charge in [-0.3, -0.25) is 4.79 Å². The molecular weight excluding hydrogens is 308 g/mol. The maximum absolute atomic E-state index is 12.2. The van der Waals surface area contributed by atoms with Crippen LogP contribution >= 0.6 is 0 Å². The molecule has 126 valence electrons. The Kier molecular flexibility index (Phi) is 4.50. The van der Waals surface area contributed by atoms with E-state index < -0.39 is 0 Å². The van der Waals surface area contributed by atoms with Crippen LogP contribution in [-0.2, 0) is 16.1 Å². The number of fused-ring (bicyclic) bond motifs is 3. The first kappa shape index (κ1) is 16.0. The van der Waals surface area contributed by atoms with Crippen molar-refractivity contribution in [2.75, 3.05) is 19.5 Å². The summed E-state index contributed by atoms with van der Waals surface area (Å²) >= 11 is 0. The van der Waals surface area contributed by atoms with E-state index in [1.54, 1.807) is 11.7 Å². The number of carbonyl (C=O) groups is 1. The number of benzene rings is 1. The number of ether oxygens (including phenoxy) is 2. The average molecular weight is 328 g/mol. The van der Waals surface area contributed by atoms with Gasteiger partial charge in [-0.1, -0.05) is 19.4 Å². The molecule has 7 nitrogen and oxygen atoms in total. The van der Waals surface area contributed by atoms with Crippen molar-refractivity contribution in [2.24, 2.45) is 0 Å². The first-order chi connectivity index (χ1) is 11.7. The van der Waals surface area contributed by atoms with E-state index in [9.17, 15) is 4.79 Å². The van der Waals surface area contributed by atoms with E-state index in [-0.39, 0.29) is 12.5 Å². The highest BCUT2D eigenvalue weighted by Gasteiger charge is 2.19. The second-order valence-electron chi connectivity index (χ2n) is 5.47. The van der Waals surface area contributed by atoms with Gasteiger partial charge >= 0.3 is 5.97 Å². The molecule has 3 rings (SSSR count). The third-order valence-corrected chi connectivity index (χ3v) is 3.93. The number of aromatic nitrogens is 3. The predicted molar refractivity (Wildman–Crippen MR) is 91.9 cm³/mol. The van der Waals surface area contributed by atoms with Gasteiger partial charge in [-0.25, -0.2) is 9.97 Å². The van der Waals surface area contributed by atoms with Crippen LogP contribution in [0.5, 0.6) is 5.75 Å². The van der Waals surface area contributed by atoms with Crippen LogP contribution in [-0.4, -0.2) is 34.2 Å². The van der Waals surface area contributed by atoms with E-state index in [1.165, 1.54) is 6.33 Å². The SMILES string of the molecule is CCCCOC(=O)Cn1c2cccc(OC)c2c2c(N)ncnc21. The molecule has 0 saturated heterocycles. The zero-order chi connectivity index (χ0) is 17.1. The summed E-state index contributed by atoms with van der Waals surface area (Å²) in [5, 5.41) is 1.49. The molecule has 1 aromatic carbocycles. The smallest absolute Gasteiger partial charge is 0.326 e. The Morgan fingerprint density at radius 3 is 2.88 bits per heavy atom. The Morgan fingerprint density at radius 2 is 2.12 bits per heavy atom. The molecule has 0 fully saturated rings. The Labute approximate surface area is 139 Å². The van der Waals surface area contributed by atoms with Crippen LogP contribution in [0.1, 0.15) is 19.8 Å². The first-order valence-corrected chi connectivity index (χ1v) is 7.88. The number of carbonyl (C=O) groups excluding carboxylic acids is 1. The van der Waals surface area contributed by atoms with E-state index in [1.807, 2.05) is 25.1 Å². The van der Waals surface area contributed by atoms with Crippen LogP contribution in [0.2, 0.25) is 0 Å². The lowest BCUT2D eigenvalue weighted by Gasteiger charge is -2.07. The summed E-state index contributed by atoms with van der Waals surface area (Å²) in [6, 6.07) is 5.61. The highest BCUT2D eigenvalue weighted by Crippen LogP contribution is 2.36. The molecule has 0 spiro atoms. The minimum absolute atomic E-state index is 0.0628. The number of rotatable bonds is 6. The fraction of sp³-hybridized carbons (Fsp3) is 0.353. The number of esters is 1. The van der Waals surface area contributed by atoms with Gasteiger partial charge in [0, 0.05) is 0 Å². The monoisotopic (exact) mass is 328 g/mol. The zero-order valence-corrected chi connectivity index (χ0v) is 13.8. The number of anilines is 1. The molecule has 2 aromatic heterocycles. The Bertz CT molecular complexity index is 888. The topological polar surface area (TPSA) is 92.3 Å². The quantitative estimate of drug-likeness (QED) is 0.552. The molecule has 0 radical (unpaired) electrons. The standard InChI is InChI=1S/C17H20N4O3/c1-3-4-8-24-13(22)9-21-11-6-5-7-12(23-2)14(11)15-16(18)19-10-20-17(15)21/h5-7,10H,3-4,8-9H2,1-2H3,(H2,18,19,20). The van der Waals surface area contributed by atoms with Crippen LogP contribution in [0.15, 0.2) is 24.5 Å². The number of methoxy groups -OCH3 is 1. The Hall–Kier alpha value is -2.83. The van der Waals surface area contributed by atoms with Gasteiger partial charge in [0.25, 0.3) is 0 Å². The highest BCUT2D eigenvalue weighted by atomic mass is 16.5. The van der Waals surface area contributed by atoms with Gasteiger partial charge in [0.15, 0.2) is 0 Å². The molecule has 2 heterocycles. The fourth-order valence-corrected chi connectivity index (χ4v) is 2.78. The summed E-state index contributed by atoms with van der Waals surface area (Å²) in [7, 11) is 1.59. The van der Waals surface area contributed by atoms with Crippen molar-refractivity contribution < 1.29 is 14.3 Å². The van der Waals surface area contributed by atoms with Gasteiger partial charge < -0.3 is 19.8 Å². The molecule has 3 aromatic rings. The Morgan fingerprint density at radius 1 is 1.29 bits per heavy atom. The summed E-state index contributed by atoms with van der Waals surface area (Å²) in [5.74, 6) is 0.715. The molecule has 0 saturated carbocycles. The molecule has 0 aliphatic heterocycles. The molecule has 0 aliphatic carbocycles. The average Bonchev–Trinajstić information content (AvgIpc) is 2.90. The van der Waals surface area contributed by atoms with Crippen molar-refractivity contribution in [3.05, 3.63) is 24.5 Å². The van der Waals surface area contributed by atoms with Crippen molar-refractivity contribution >= 4 is 33.7 Å². The van der Waals surface area contributed by atoms with Crippen molar-refractivity contribution in [3.63, 3.8) is 0 Å². The normalized spacial score (nSPS) is 11.1. The number of unbranched alkanes of at least 4 members (excludes halogenated alkanes) is 1. The van der Waals surface area contributed by atoms with Crippen molar-refractivity contribution in [2.45, 2.75) is 26.3 Å². The van der Waals surface area contributed by atoms with Crippen molar-refractivity contribution in [3.8, 4) is 5.75 Å². The van der Waals surface area contributed by atoms with Gasteiger partial charge in [0.05, 0.1) is 30.0 Å². The van der Waals surface area contributed by atoms with Crippen LogP contribution < -0.4 is 10.5 Å². The lowest BCUT2D eigenvalue weighted by atomic mass is 10.2. The predicted octanol–water partition coefficient (Wildman–Crippen LogP) is 2.52. The molecule has 0 amide bonds. The van der Waals surface area contributed by atoms with E-state index in [0.717, 1.165) is 23.7 Å². The summed E-state index contributed by atoms with van der Waals surface area (Å²) < 4.78 is 12.5. The molecule has 24 heavy (non-hydrogen) atoms. The van der Waals surface area contributed by atoms with Crippen LogP contribution in [0.3, 0.4) is 0 Å². The van der Waals surface area contributed by atoms with Crippen LogP contribution in [0, 0.1) is 0 Å². The first-order valence-electron chi connectivity index (χ1n) is 7.88. The maximum Gasteiger partial charge on any atom is 0.326 e. The van der Waals surface area contributed by atoms with Crippen LogP contribution in [0.25, 0.3) is 21.9 Å². The molecule has 7 heteroatoms. The van der Waals surface area contributed by atoms with E-state index in [4.69, 9.17) is 15.2 Å². The maximum atomic E-state index is 12.2. The summed E-state index contributed by atoms with van der Waals surface area (Å²) in [4.78, 5) is 20.5. The van der Waals surface area contributed by atoms with E-state index >= 15 is 0 Å². The molecule has 0 atom stereocenters. The van der Waals surface area contributed by atoms with Crippen LogP contribution in [0.4, 0.5) is 5.82 Å². The largest absolute Gasteiger partial charge is 0.496 e. The van der Waals surface area contributed by atoms with Gasteiger partial charge in [-0.15, -0.1) is 0 Å². The second-order valence-corrected chi connectivity index (χ2v) is 5.47. The number of nitrogens with two attached hydrogens (primary N) is 1. The number of hydrogen-bond donors (Lipinski definition) is 1. The molecule has 2 N–H and O–H groups in total. The van der Waals surface area contributed by atoms with Gasteiger partial charge in [-0.05, 0) is 18.6 Å². The minimum atomic E-state index is -0.303. The van der Waals surface area contributed by atoms with E-state index in [2.05, 4.69) is 9.97 Å². The summed E-state index contributed by atoms with van der Waals surface area (Å²) in [6.07, 6.45) is 3.22. The van der Waals surface area contributed by atoms with Gasteiger partial charge in [-0.2, -0.15) is 0 Å². The zero-order valence-electron chi connectivity index (χ0n) is 13.8. The Balaban J connectivity index is 2.12. The third-order valence-electron chi connectivity index (χ3n) is 3.93. The van der Waals surface area contributed by atoms with Gasteiger partial charge in [0.1, 0.15) is 30.1 Å². The number of nitrogens with zero attached hydrogens (tertiary/aromatic N) is 3. The summed E-state index contributed by atoms with van der Waals surface area (Å²) in [6.45, 7) is 2.53. The molecule has 0 unspecified atom stereocenters.